The highest BCUT2D eigenvalue weighted by atomic mass is 19.4. The van der Waals surface area contributed by atoms with Crippen molar-refractivity contribution in [3.8, 4) is 5.75 Å². The van der Waals surface area contributed by atoms with Crippen LogP contribution in [0.1, 0.15) is 39.3 Å². The number of alkyl halides is 3. The Labute approximate surface area is 159 Å². The molecule has 6 nitrogen and oxygen atoms in total. The highest BCUT2D eigenvalue weighted by Crippen LogP contribution is 2.30. The zero-order valence-electron chi connectivity index (χ0n) is 14.8. The van der Waals surface area contributed by atoms with Gasteiger partial charge < -0.3 is 15.4 Å². The van der Waals surface area contributed by atoms with Crippen molar-refractivity contribution in [2.75, 3.05) is 13.2 Å². The third-order valence-electron chi connectivity index (χ3n) is 4.51. The summed E-state index contributed by atoms with van der Waals surface area (Å²) >= 11 is 0. The summed E-state index contributed by atoms with van der Waals surface area (Å²) in [5.41, 5.74) is 4.35. The van der Waals surface area contributed by atoms with Crippen LogP contribution in [-0.4, -0.2) is 40.9 Å². The highest BCUT2D eigenvalue weighted by Gasteiger charge is 2.33. The molecule has 0 aliphatic carbocycles. The molecule has 2 amide bonds. The van der Waals surface area contributed by atoms with Crippen LogP contribution in [0.25, 0.3) is 0 Å². The molecule has 2 heterocycles. The van der Waals surface area contributed by atoms with Gasteiger partial charge in [0.1, 0.15) is 6.61 Å². The van der Waals surface area contributed by atoms with Gasteiger partial charge in [0.2, 0.25) is 0 Å². The van der Waals surface area contributed by atoms with Gasteiger partial charge >= 0.3 is 6.18 Å². The van der Waals surface area contributed by atoms with E-state index in [1.807, 2.05) is 0 Å². The number of carbonyl (C=O) groups is 2. The van der Waals surface area contributed by atoms with Gasteiger partial charge in [0, 0.05) is 18.3 Å². The molecule has 1 unspecified atom stereocenters. The molecule has 1 aliphatic rings. The Morgan fingerprint density at radius 3 is 2.75 bits per heavy atom. The maximum Gasteiger partial charge on any atom is 0.416 e. The number of nitrogens with two attached hydrogens (primary N) is 1. The maximum atomic E-state index is 12.9. The number of rotatable bonds is 5. The van der Waals surface area contributed by atoms with Gasteiger partial charge in [0.25, 0.3) is 11.8 Å². The maximum absolute atomic E-state index is 12.9. The number of hydrogen-bond donors (Lipinski definition) is 1. The van der Waals surface area contributed by atoms with Crippen LogP contribution in [0, 0.1) is 0 Å². The molecule has 1 aromatic heterocycles. The fourth-order valence-electron chi connectivity index (χ4n) is 3.15. The Hall–Kier alpha value is -3.10. The minimum atomic E-state index is -4.52. The third kappa shape index (κ3) is 4.24. The summed E-state index contributed by atoms with van der Waals surface area (Å²) in [5.74, 6) is -1.02. The zero-order chi connectivity index (χ0) is 20.3. The second-order valence-corrected chi connectivity index (χ2v) is 6.40. The summed E-state index contributed by atoms with van der Waals surface area (Å²) in [6, 6.07) is 7.15. The van der Waals surface area contributed by atoms with Gasteiger partial charge in [-0.3, -0.25) is 9.59 Å². The van der Waals surface area contributed by atoms with Gasteiger partial charge in [-0.25, -0.2) is 4.98 Å². The van der Waals surface area contributed by atoms with Crippen LogP contribution in [0.15, 0.2) is 42.6 Å². The van der Waals surface area contributed by atoms with Gasteiger partial charge in [-0.1, -0.05) is 6.07 Å². The summed E-state index contributed by atoms with van der Waals surface area (Å²) in [4.78, 5) is 29.5. The molecule has 2 aromatic rings. The number of benzene rings is 1. The molecule has 1 saturated heterocycles. The molecule has 3 rings (SSSR count). The number of hydrogen-bond acceptors (Lipinski definition) is 4. The minimum absolute atomic E-state index is 0.0174. The molecule has 0 spiro atoms. The van der Waals surface area contributed by atoms with Crippen molar-refractivity contribution in [3.05, 3.63) is 59.4 Å². The van der Waals surface area contributed by atoms with E-state index < -0.39 is 23.6 Å². The first-order valence-corrected chi connectivity index (χ1v) is 8.63. The van der Waals surface area contributed by atoms with E-state index in [9.17, 15) is 22.8 Å². The molecule has 0 saturated carbocycles. The first-order chi connectivity index (χ1) is 13.3. The topological polar surface area (TPSA) is 85.5 Å². The van der Waals surface area contributed by atoms with Crippen LogP contribution < -0.4 is 10.5 Å². The molecule has 9 heteroatoms. The molecule has 148 valence electrons. The average Bonchev–Trinajstić information content (AvgIpc) is 3.14. The Balaban J connectivity index is 1.73. The molecular weight excluding hydrogens is 375 g/mol. The van der Waals surface area contributed by atoms with E-state index in [2.05, 4.69) is 4.98 Å². The van der Waals surface area contributed by atoms with E-state index in [-0.39, 0.29) is 29.7 Å². The number of primary amides is 1. The molecular formula is C19H18F3N3O3. The highest BCUT2D eigenvalue weighted by molar-refractivity contribution is 5.95. The summed E-state index contributed by atoms with van der Waals surface area (Å²) in [6.45, 7) is 0.496. The molecule has 0 bridgehead atoms. The fourth-order valence-corrected chi connectivity index (χ4v) is 3.15. The minimum Gasteiger partial charge on any atom is -0.489 e. The summed E-state index contributed by atoms with van der Waals surface area (Å²) in [7, 11) is 0. The molecule has 1 fully saturated rings. The van der Waals surface area contributed by atoms with Crippen molar-refractivity contribution in [2.24, 2.45) is 5.73 Å². The number of amides is 2. The first kappa shape index (κ1) is 19.7. The van der Waals surface area contributed by atoms with Crippen molar-refractivity contribution in [2.45, 2.75) is 25.1 Å². The molecule has 28 heavy (non-hydrogen) atoms. The fraction of sp³-hybridized carbons (Fsp3) is 0.316. The van der Waals surface area contributed by atoms with Gasteiger partial charge in [0.15, 0.2) is 11.4 Å². The van der Waals surface area contributed by atoms with Crippen LogP contribution in [-0.2, 0) is 6.18 Å². The van der Waals surface area contributed by atoms with E-state index in [0.29, 0.717) is 19.4 Å². The molecule has 1 aliphatic heterocycles. The summed E-state index contributed by atoms with van der Waals surface area (Å²) in [5, 5.41) is 0. The molecule has 1 aromatic carbocycles. The van der Waals surface area contributed by atoms with Crippen molar-refractivity contribution in [3.63, 3.8) is 0 Å². The lowest BCUT2D eigenvalue weighted by molar-refractivity contribution is -0.137. The number of nitrogens with zero attached hydrogens (tertiary/aromatic N) is 2. The largest absolute Gasteiger partial charge is 0.489 e. The van der Waals surface area contributed by atoms with E-state index >= 15 is 0 Å². The normalized spacial score (nSPS) is 16.8. The number of aromatic nitrogens is 1. The first-order valence-electron chi connectivity index (χ1n) is 8.63. The second-order valence-electron chi connectivity index (χ2n) is 6.40. The Morgan fingerprint density at radius 2 is 2.04 bits per heavy atom. The number of ether oxygens (including phenoxy) is 1. The van der Waals surface area contributed by atoms with Crippen LogP contribution >= 0.6 is 0 Å². The van der Waals surface area contributed by atoms with Crippen LogP contribution in [0.3, 0.4) is 0 Å². The third-order valence-corrected chi connectivity index (χ3v) is 4.51. The number of pyridine rings is 1. The number of halogens is 3. The van der Waals surface area contributed by atoms with Gasteiger partial charge in [-0.15, -0.1) is 0 Å². The van der Waals surface area contributed by atoms with Gasteiger partial charge in [-0.05, 0) is 43.2 Å². The number of carbonyl (C=O) groups excluding carboxylic acids is 2. The molecule has 0 radical (unpaired) electrons. The molecule has 1 atom stereocenters. The van der Waals surface area contributed by atoms with Crippen molar-refractivity contribution in [1.29, 1.82) is 0 Å². The van der Waals surface area contributed by atoms with Crippen LogP contribution in [0.2, 0.25) is 0 Å². The Morgan fingerprint density at radius 1 is 1.25 bits per heavy atom. The molecule has 2 N–H and O–H groups in total. The summed E-state index contributed by atoms with van der Waals surface area (Å²) in [6.07, 6.45) is -1.77. The SMILES string of the molecule is NC(=O)c1ncccc1OCC1CCCN1C(=O)c1cccc(C(F)(F)F)c1. The summed E-state index contributed by atoms with van der Waals surface area (Å²) < 4.78 is 44.4. The van der Waals surface area contributed by atoms with E-state index in [0.717, 1.165) is 12.1 Å². The van der Waals surface area contributed by atoms with Gasteiger partial charge in [-0.2, -0.15) is 13.2 Å². The van der Waals surface area contributed by atoms with Crippen molar-refractivity contribution < 1.29 is 27.5 Å². The lowest BCUT2D eigenvalue weighted by Gasteiger charge is -2.25. The monoisotopic (exact) mass is 393 g/mol. The van der Waals surface area contributed by atoms with Crippen LogP contribution in [0.4, 0.5) is 13.2 Å². The Bertz CT molecular complexity index is 886. The lowest BCUT2D eigenvalue weighted by atomic mass is 10.1. The smallest absolute Gasteiger partial charge is 0.416 e. The van der Waals surface area contributed by atoms with E-state index in [4.69, 9.17) is 10.5 Å². The van der Waals surface area contributed by atoms with Crippen LogP contribution in [0.5, 0.6) is 5.75 Å². The predicted molar refractivity (Wildman–Crippen MR) is 93.8 cm³/mol. The Kier molecular flexibility index (Phi) is 5.53. The van der Waals surface area contributed by atoms with E-state index in [1.54, 1.807) is 12.1 Å². The van der Waals surface area contributed by atoms with Gasteiger partial charge in [0.05, 0.1) is 11.6 Å². The zero-order valence-corrected chi connectivity index (χ0v) is 14.8. The number of likely N-dealkylation sites (tertiary alicyclic amines) is 1. The predicted octanol–water partition coefficient (Wildman–Crippen LogP) is 2.88. The lowest BCUT2D eigenvalue weighted by Crippen LogP contribution is -2.39. The quantitative estimate of drug-likeness (QED) is 0.847. The average molecular weight is 393 g/mol. The van der Waals surface area contributed by atoms with E-state index in [1.165, 1.54) is 23.2 Å². The van der Waals surface area contributed by atoms with Crippen molar-refractivity contribution >= 4 is 11.8 Å². The standard InChI is InChI=1S/C19H18F3N3O3/c20-19(21,22)13-5-1-4-12(10-13)18(27)25-9-3-6-14(25)11-28-15-7-2-8-24-16(15)17(23)26/h1-2,4-5,7-8,10,14H,3,6,9,11H2,(H2,23,26). The second kappa shape index (κ2) is 7.87. The van der Waals surface area contributed by atoms with Crippen molar-refractivity contribution in [1.82, 2.24) is 9.88 Å².